The molecule has 0 unspecified atom stereocenters. The van der Waals surface area contributed by atoms with Gasteiger partial charge in [0.05, 0.1) is 0 Å². The molecule has 0 radical (unpaired) electrons. The number of carbonyl (C=O) groups excluding carboxylic acids is 2. The fraction of sp³-hybridized carbons (Fsp3) is 0.385. The first-order valence-corrected chi connectivity index (χ1v) is 12.6. The van der Waals surface area contributed by atoms with Gasteiger partial charge in [0.1, 0.15) is 5.58 Å². The van der Waals surface area contributed by atoms with E-state index in [1.807, 2.05) is 48.2 Å². The van der Waals surface area contributed by atoms with Gasteiger partial charge in [-0.15, -0.1) is 0 Å². The van der Waals surface area contributed by atoms with Gasteiger partial charge in [-0.25, -0.2) is 0 Å². The number of thioether (sulfide) groups is 1. The van der Waals surface area contributed by atoms with E-state index in [4.69, 9.17) is 4.42 Å². The molecule has 0 saturated heterocycles. The van der Waals surface area contributed by atoms with E-state index in [0.29, 0.717) is 16.7 Å². The van der Waals surface area contributed by atoms with E-state index in [2.05, 4.69) is 10.6 Å². The van der Waals surface area contributed by atoms with Crippen LogP contribution >= 0.6 is 11.8 Å². The third kappa shape index (κ3) is 4.85. The van der Waals surface area contributed by atoms with Crippen molar-refractivity contribution in [1.29, 1.82) is 0 Å². The van der Waals surface area contributed by atoms with Crippen LogP contribution in [0.5, 0.6) is 0 Å². The fourth-order valence-electron chi connectivity index (χ4n) is 4.27. The van der Waals surface area contributed by atoms with Gasteiger partial charge in [0.25, 0.3) is 5.91 Å². The molecule has 0 bridgehead atoms. The Morgan fingerprint density at radius 2 is 1.56 bits per heavy atom. The lowest BCUT2D eigenvalue weighted by Gasteiger charge is -2.20. The number of hydrogen-bond acceptors (Lipinski definition) is 4. The molecule has 0 spiro atoms. The van der Waals surface area contributed by atoms with E-state index in [-0.39, 0.29) is 17.7 Å². The van der Waals surface area contributed by atoms with E-state index in [1.165, 1.54) is 32.1 Å². The maximum Gasteiger partial charge on any atom is 0.291 e. The van der Waals surface area contributed by atoms with Gasteiger partial charge < -0.3 is 15.1 Å². The highest BCUT2D eigenvalue weighted by atomic mass is 32.2. The van der Waals surface area contributed by atoms with Crippen LogP contribution in [0.2, 0.25) is 0 Å². The summed E-state index contributed by atoms with van der Waals surface area (Å²) >= 11 is 1.94. The van der Waals surface area contributed by atoms with Gasteiger partial charge >= 0.3 is 0 Å². The van der Waals surface area contributed by atoms with Gasteiger partial charge in [0.2, 0.25) is 5.91 Å². The molecule has 1 aromatic heterocycles. The van der Waals surface area contributed by atoms with Crippen LogP contribution in [0, 0.1) is 5.92 Å². The lowest BCUT2D eigenvalue weighted by molar-refractivity contribution is -0.117. The number of hydrogen-bond donors (Lipinski definition) is 2. The Kier molecular flexibility index (Phi) is 6.21. The summed E-state index contributed by atoms with van der Waals surface area (Å²) in [6, 6.07) is 15.1. The Balaban J connectivity index is 1.30. The van der Waals surface area contributed by atoms with E-state index in [0.717, 1.165) is 40.8 Å². The number of benzene rings is 2. The molecule has 32 heavy (non-hydrogen) atoms. The number of para-hydroxylation sites is 1. The SMILES string of the molecule is O=C(Nc1ccc(NC(=O)C2CC2)cc1)c1oc2ccccc2c1CSC1CCCCC1. The van der Waals surface area contributed by atoms with E-state index in [9.17, 15) is 9.59 Å². The Hall–Kier alpha value is -2.73. The maximum atomic E-state index is 13.1. The van der Waals surface area contributed by atoms with Crippen molar-refractivity contribution in [2.24, 2.45) is 5.92 Å². The first kappa shape index (κ1) is 21.1. The van der Waals surface area contributed by atoms with Crippen LogP contribution in [0.25, 0.3) is 11.0 Å². The average Bonchev–Trinajstić information content (AvgIpc) is 3.61. The molecular formula is C26H28N2O3S. The van der Waals surface area contributed by atoms with Crippen molar-refractivity contribution in [3.05, 3.63) is 59.9 Å². The minimum atomic E-state index is -0.241. The number of carbonyl (C=O) groups is 2. The third-order valence-corrected chi connectivity index (χ3v) is 7.68. The summed E-state index contributed by atoms with van der Waals surface area (Å²) in [5, 5.41) is 7.55. The summed E-state index contributed by atoms with van der Waals surface area (Å²) in [7, 11) is 0. The second-order valence-corrected chi connectivity index (χ2v) is 10.1. The number of furan rings is 1. The number of rotatable bonds is 7. The van der Waals surface area contributed by atoms with Crippen LogP contribution < -0.4 is 10.6 Å². The minimum absolute atomic E-state index is 0.0733. The second kappa shape index (κ2) is 9.41. The maximum absolute atomic E-state index is 13.1. The summed E-state index contributed by atoms with van der Waals surface area (Å²) in [6.45, 7) is 0. The van der Waals surface area contributed by atoms with E-state index in [1.54, 1.807) is 12.1 Å². The van der Waals surface area contributed by atoms with Crippen molar-refractivity contribution in [2.75, 3.05) is 10.6 Å². The quantitative estimate of drug-likeness (QED) is 0.427. The van der Waals surface area contributed by atoms with Gasteiger partial charge in [0, 0.05) is 39.2 Å². The Morgan fingerprint density at radius 1 is 0.875 bits per heavy atom. The molecule has 5 rings (SSSR count). The lowest BCUT2D eigenvalue weighted by atomic mass is 10.0. The van der Waals surface area contributed by atoms with Crippen LogP contribution in [0.3, 0.4) is 0 Å². The molecule has 2 N–H and O–H groups in total. The zero-order valence-corrected chi connectivity index (χ0v) is 18.9. The van der Waals surface area contributed by atoms with Crippen LogP contribution in [0.1, 0.15) is 61.1 Å². The molecule has 2 saturated carbocycles. The van der Waals surface area contributed by atoms with Crippen molar-refractivity contribution in [2.45, 2.75) is 55.9 Å². The fourth-order valence-corrected chi connectivity index (χ4v) is 5.63. The molecule has 2 fully saturated rings. The summed E-state index contributed by atoms with van der Waals surface area (Å²) in [6.07, 6.45) is 8.39. The highest BCUT2D eigenvalue weighted by molar-refractivity contribution is 7.99. The van der Waals surface area contributed by atoms with Gasteiger partial charge in [-0.1, -0.05) is 37.5 Å². The Morgan fingerprint density at radius 3 is 2.28 bits per heavy atom. The summed E-state index contributed by atoms with van der Waals surface area (Å²) in [5.74, 6) is 1.16. The van der Waals surface area contributed by atoms with E-state index >= 15 is 0 Å². The monoisotopic (exact) mass is 448 g/mol. The highest BCUT2D eigenvalue weighted by Gasteiger charge is 2.29. The minimum Gasteiger partial charge on any atom is -0.451 e. The topological polar surface area (TPSA) is 71.3 Å². The van der Waals surface area contributed by atoms with Crippen LogP contribution in [-0.4, -0.2) is 17.1 Å². The number of fused-ring (bicyclic) bond motifs is 1. The van der Waals surface area contributed by atoms with Gasteiger partial charge in [-0.3, -0.25) is 9.59 Å². The predicted molar refractivity (Wildman–Crippen MR) is 130 cm³/mol. The molecule has 2 aliphatic carbocycles. The summed E-state index contributed by atoms with van der Waals surface area (Å²) in [5.41, 5.74) is 3.14. The van der Waals surface area contributed by atoms with Crippen molar-refractivity contribution in [3.8, 4) is 0 Å². The number of amides is 2. The zero-order valence-electron chi connectivity index (χ0n) is 18.1. The average molecular weight is 449 g/mol. The van der Waals surface area contributed by atoms with Gasteiger partial charge in [-0.2, -0.15) is 11.8 Å². The van der Waals surface area contributed by atoms with E-state index < -0.39 is 0 Å². The lowest BCUT2D eigenvalue weighted by Crippen LogP contribution is -2.14. The molecule has 2 amide bonds. The smallest absolute Gasteiger partial charge is 0.291 e. The third-order valence-electron chi connectivity index (χ3n) is 6.28. The van der Waals surface area contributed by atoms with Crippen molar-refractivity contribution in [1.82, 2.24) is 0 Å². The molecule has 1 heterocycles. The normalized spacial score (nSPS) is 16.8. The van der Waals surface area contributed by atoms with Crippen molar-refractivity contribution in [3.63, 3.8) is 0 Å². The first-order valence-electron chi connectivity index (χ1n) is 11.5. The molecular weight excluding hydrogens is 420 g/mol. The summed E-state index contributed by atoms with van der Waals surface area (Å²) in [4.78, 5) is 25.1. The highest BCUT2D eigenvalue weighted by Crippen LogP contribution is 2.35. The standard InChI is InChI=1S/C26H28N2O3S/c29-25(17-10-11-17)27-18-12-14-19(15-13-18)28-26(30)24-22(16-32-20-6-2-1-3-7-20)21-8-4-5-9-23(21)31-24/h4-5,8-9,12-15,17,20H,1-3,6-7,10-11,16H2,(H,27,29)(H,28,30). The number of nitrogens with one attached hydrogen (secondary N) is 2. The van der Waals surface area contributed by atoms with Gasteiger partial charge in [-0.05, 0) is 56.0 Å². The van der Waals surface area contributed by atoms with Crippen LogP contribution in [-0.2, 0) is 10.5 Å². The predicted octanol–water partition coefficient (Wildman–Crippen LogP) is 6.60. The first-order chi connectivity index (χ1) is 15.7. The van der Waals surface area contributed by atoms with Crippen molar-refractivity contribution >= 4 is 45.9 Å². The Labute approximate surface area is 192 Å². The molecule has 166 valence electrons. The molecule has 2 aromatic carbocycles. The summed E-state index contributed by atoms with van der Waals surface area (Å²) < 4.78 is 6.00. The van der Waals surface area contributed by atoms with Crippen LogP contribution in [0.4, 0.5) is 11.4 Å². The molecule has 5 nitrogen and oxygen atoms in total. The van der Waals surface area contributed by atoms with Gasteiger partial charge in [0.15, 0.2) is 5.76 Å². The molecule has 0 atom stereocenters. The van der Waals surface area contributed by atoms with Crippen molar-refractivity contribution < 1.29 is 14.0 Å². The zero-order chi connectivity index (χ0) is 21.9. The van der Waals surface area contributed by atoms with Crippen LogP contribution in [0.15, 0.2) is 52.9 Å². The molecule has 3 aromatic rings. The number of anilines is 2. The molecule has 2 aliphatic rings. The second-order valence-electron chi connectivity index (χ2n) is 8.77. The largest absolute Gasteiger partial charge is 0.451 e. The molecule has 6 heteroatoms. The Bertz CT molecular complexity index is 1110. The molecule has 0 aliphatic heterocycles.